The zero-order chi connectivity index (χ0) is 16.9. The van der Waals surface area contributed by atoms with Crippen LogP contribution in [-0.4, -0.2) is 40.8 Å². The quantitative estimate of drug-likeness (QED) is 0.472. The summed E-state index contributed by atoms with van der Waals surface area (Å²) in [7, 11) is 0. The van der Waals surface area contributed by atoms with E-state index < -0.39 is 17.7 Å². The third-order valence-electron chi connectivity index (χ3n) is 2.80. The highest BCUT2D eigenvalue weighted by atomic mass is 32.2. The molecule has 0 bridgehead atoms. The van der Waals surface area contributed by atoms with Crippen molar-refractivity contribution in [1.29, 1.82) is 0 Å². The molecule has 0 atom stereocenters. The number of hydrogen-bond acceptors (Lipinski definition) is 5. The summed E-state index contributed by atoms with van der Waals surface area (Å²) in [5.74, 6) is -0.973. The van der Waals surface area contributed by atoms with Crippen LogP contribution in [0.3, 0.4) is 0 Å². The van der Waals surface area contributed by atoms with Crippen molar-refractivity contribution in [1.82, 2.24) is 15.0 Å². The molecule has 1 heterocycles. The average Bonchev–Trinajstić information content (AvgIpc) is 2.64. The normalized spacial score (nSPS) is 11.3. The Kier molecular flexibility index (Phi) is 6.31. The van der Waals surface area contributed by atoms with Crippen molar-refractivity contribution in [3.63, 3.8) is 0 Å². The third kappa shape index (κ3) is 5.61. The first-order valence-electron chi connectivity index (χ1n) is 6.91. The molecular weight excluding hydrogens is 306 g/mol. The molecule has 0 aliphatic heterocycles. The molecular formula is C14H23N3O4S. The van der Waals surface area contributed by atoms with E-state index >= 15 is 0 Å². The van der Waals surface area contributed by atoms with E-state index in [1.807, 2.05) is 6.92 Å². The predicted octanol–water partition coefficient (Wildman–Crippen LogP) is 2.45. The molecule has 0 aliphatic carbocycles. The minimum atomic E-state index is -0.973. The largest absolute Gasteiger partial charge is 0.477 e. The number of alkyl carbamates (subject to hydrolysis) is 1. The van der Waals surface area contributed by atoms with Gasteiger partial charge < -0.3 is 20.1 Å². The van der Waals surface area contributed by atoms with Gasteiger partial charge in [0.25, 0.3) is 0 Å². The average molecular weight is 329 g/mol. The molecule has 0 saturated carbocycles. The van der Waals surface area contributed by atoms with Gasteiger partial charge in [0.05, 0.1) is 5.03 Å². The molecule has 0 radical (unpaired) electrons. The number of carboxylic acids is 1. The third-order valence-corrected chi connectivity index (χ3v) is 3.76. The molecule has 0 spiro atoms. The fraction of sp³-hybridized carbons (Fsp3) is 0.571. The Balaban J connectivity index is 2.35. The smallest absolute Gasteiger partial charge is 0.407 e. The van der Waals surface area contributed by atoms with Crippen LogP contribution in [0.5, 0.6) is 0 Å². The van der Waals surface area contributed by atoms with Crippen molar-refractivity contribution >= 4 is 24.0 Å². The highest BCUT2D eigenvalue weighted by Crippen LogP contribution is 2.24. The second-order valence-corrected chi connectivity index (χ2v) is 6.71. The fourth-order valence-electron chi connectivity index (χ4n) is 1.63. The number of aromatic nitrogens is 1. The van der Waals surface area contributed by atoms with E-state index in [-0.39, 0.29) is 5.69 Å². The molecule has 1 rings (SSSR count). The molecule has 1 amide bonds. The monoisotopic (exact) mass is 329 g/mol. The zero-order valence-corrected chi connectivity index (χ0v) is 14.3. The summed E-state index contributed by atoms with van der Waals surface area (Å²) in [6.07, 6.45) is -0.459. The van der Waals surface area contributed by atoms with Gasteiger partial charge >= 0.3 is 12.1 Å². The van der Waals surface area contributed by atoms with Crippen molar-refractivity contribution in [2.75, 3.05) is 13.1 Å². The lowest BCUT2D eigenvalue weighted by Gasteiger charge is -2.19. The van der Waals surface area contributed by atoms with Gasteiger partial charge in [-0.25, -0.2) is 9.59 Å². The molecule has 4 N–H and O–H groups in total. The van der Waals surface area contributed by atoms with Crippen molar-refractivity contribution in [2.45, 2.75) is 45.2 Å². The van der Waals surface area contributed by atoms with E-state index in [4.69, 9.17) is 9.84 Å². The molecule has 1 aromatic heterocycles. The van der Waals surface area contributed by atoms with Gasteiger partial charge in [-0.3, -0.25) is 4.72 Å². The van der Waals surface area contributed by atoms with Crippen LogP contribution < -0.4 is 10.0 Å². The number of hydrogen-bond donors (Lipinski definition) is 4. The Hall–Kier alpha value is -1.67. The van der Waals surface area contributed by atoms with Crippen molar-refractivity contribution < 1.29 is 19.4 Å². The molecule has 0 unspecified atom stereocenters. The Labute approximate surface area is 134 Å². The van der Waals surface area contributed by atoms with Gasteiger partial charge in [0.2, 0.25) is 0 Å². The van der Waals surface area contributed by atoms with Crippen LogP contribution in [0, 0.1) is 13.8 Å². The second kappa shape index (κ2) is 7.55. The minimum absolute atomic E-state index is 0.202. The highest BCUT2D eigenvalue weighted by Gasteiger charge is 2.17. The van der Waals surface area contributed by atoms with Crippen LogP contribution in [0.2, 0.25) is 0 Å². The summed E-state index contributed by atoms with van der Waals surface area (Å²) < 4.78 is 8.17. The zero-order valence-electron chi connectivity index (χ0n) is 13.5. The van der Waals surface area contributed by atoms with Crippen LogP contribution >= 0.6 is 11.9 Å². The first-order chi connectivity index (χ1) is 10.1. The van der Waals surface area contributed by atoms with Crippen molar-refractivity contribution in [3.8, 4) is 0 Å². The lowest BCUT2D eigenvalue weighted by Crippen LogP contribution is -2.35. The second-order valence-electron chi connectivity index (χ2n) is 5.81. The Morgan fingerprint density at radius 3 is 2.36 bits per heavy atom. The summed E-state index contributed by atoms with van der Waals surface area (Å²) in [6.45, 7) is 9.96. The fourth-order valence-corrected chi connectivity index (χ4v) is 2.44. The van der Waals surface area contributed by atoms with Gasteiger partial charge in [-0.05, 0) is 57.7 Å². The van der Waals surface area contributed by atoms with E-state index in [1.165, 1.54) is 11.9 Å². The first kappa shape index (κ1) is 18.4. The molecule has 0 aliphatic rings. The lowest BCUT2D eigenvalue weighted by molar-refractivity contribution is 0.0528. The van der Waals surface area contributed by atoms with E-state index in [1.54, 1.807) is 27.7 Å². The van der Waals surface area contributed by atoms with Gasteiger partial charge in [-0.15, -0.1) is 0 Å². The molecule has 0 fully saturated rings. The molecule has 0 aromatic carbocycles. The predicted molar refractivity (Wildman–Crippen MR) is 85.3 cm³/mol. The molecule has 8 heteroatoms. The molecule has 7 nitrogen and oxygen atoms in total. The number of ether oxygens (including phenoxy) is 1. The summed E-state index contributed by atoms with van der Waals surface area (Å²) in [5.41, 5.74) is 1.31. The maximum absolute atomic E-state index is 11.4. The molecule has 22 heavy (non-hydrogen) atoms. The van der Waals surface area contributed by atoms with Crippen molar-refractivity contribution in [2.24, 2.45) is 0 Å². The number of H-pyrrole nitrogens is 1. The maximum Gasteiger partial charge on any atom is 0.407 e. The van der Waals surface area contributed by atoms with Crippen LogP contribution in [0.25, 0.3) is 0 Å². The van der Waals surface area contributed by atoms with Gasteiger partial charge in [-0.1, -0.05) is 0 Å². The maximum atomic E-state index is 11.4. The number of carboxylic acid groups (broad SMARTS) is 1. The van der Waals surface area contributed by atoms with Gasteiger partial charge in [0.15, 0.2) is 0 Å². The molecule has 124 valence electrons. The number of aromatic carboxylic acids is 1. The topological polar surface area (TPSA) is 103 Å². The molecule has 0 saturated heterocycles. The Morgan fingerprint density at radius 1 is 1.23 bits per heavy atom. The van der Waals surface area contributed by atoms with Gasteiger partial charge in [-0.2, -0.15) is 0 Å². The SMILES string of the molecule is Cc1c(SNCCNC(=O)OC(C)(C)C)[nH]c(C(=O)O)c1C. The Bertz CT molecular complexity index is 549. The van der Waals surface area contributed by atoms with Crippen LogP contribution in [0.1, 0.15) is 42.4 Å². The first-order valence-corrected chi connectivity index (χ1v) is 7.72. The summed E-state index contributed by atoms with van der Waals surface area (Å²) in [6, 6.07) is 0. The van der Waals surface area contributed by atoms with Crippen LogP contribution in [0.4, 0.5) is 4.79 Å². The van der Waals surface area contributed by atoms with Crippen LogP contribution in [0.15, 0.2) is 5.03 Å². The number of rotatable bonds is 6. The minimum Gasteiger partial charge on any atom is -0.477 e. The number of carbonyl (C=O) groups is 2. The summed E-state index contributed by atoms with van der Waals surface area (Å²) >= 11 is 1.30. The van der Waals surface area contributed by atoms with E-state index in [0.29, 0.717) is 13.1 Å². The van der Waals surface area contributed by atoms with Gasteiger partial charge in [0, 0.05) is 13.1 Å². The van der Waals surface area contributed by atoms with Gasteiger partial charge in [0.1, 0.15) is 11.3 Å². The van der Waals surface area contributed by atoms with Crippen molar-refractivity contribution in [3.05, 3.63) is 16.8 Å². The lowest BCUT2D eigenvalue weighted by atomic mass is 10.2. The van der Waals surface area contributed by atoms with E-state index in [2.05, 4.69) is 15.0 Å². The Morgan fingerprint density at radius 2 is 1.86 bits per heavy atom. The van der Waals surface area contributed by atoms with E-state index in [0.717, 1.165) is 16.2 Å². The highest BCUT2D eigenvalue weighted by molar-refractivity contribution is 7.97. The summed E-state index contributed by atoms with van der Waals surface area (Å²) in [5, 5.41) is 12.4. The standard InChI is InChI=1S/C14H23N3O4S/c1-8-9(2)11(17-10(8)12(18)19)22-16-7-6-15-13(20)21-14(3,4)5/h16-17H,6-7H2,1-5H3,(H,15,20)(H,18,19). The number of aromatic amines is 1. The number of nitrogens with one attached hydrogen (secondary N) is 3. The van der Waals surface area contributed by atoms with E-state index in [9.17, 15) is 9.59 Å². The number of carbonyl (C=O) groups excluding carboxylic acids is 1. The molecule has 1 aromatic rings. The van der Waals surface area contributed by atoms with Crippen LogP contribution in [-0.2, 0) is 4.74 Å². The number of amides is 1. The summed E-state index contributed by atoms with van der Waals surface area (Å²) in [4.78, 5) is 25.3.